The first kappa shape index (κ1) is 8.74. The van der Waals surface area contributed by atoms with Gasteiger partial charge in [0.15, 0.2) is 0 Å². The van der Waals surface area contributed by atoms with Gasteiger partial charge in [-0.15, -0.1) is 0 Å². The van der Waals surface area contributed by atoms with Crippen LogP contribution in [0, 0.1) is 0 Å². The van der Waals surface area contributed by atoms with Gasteiger partial charge < -0.3 is 0 Å². The van der Waals surface area contributed by atoms with Crippen molar-refractivity contribution in [3.8, 4) is 0 Å². The highest BCUT2D eigenvalue weighted by atomic mass is 14.8. The minimum Gasteiger partial charge on any atom is -0.261 e. The van der Waals surface area contributed by atoms with Gasteiger partial charge in [-0.1, -0.05) is 0 Å². The van der Waals surface area contributed by atoms with Crippen molar-refractivity contribution in [3.05, 3.63) is 48.6 Å². The molecule has 14 heavy (non-hydrogen) atoms. The summed E-state index contributed by atoms with van der Waals surface area (Å²) in [6.07, 6.45) is 12.0. The molecule has 0 aromatic carbocycles. The Morgan fingerprint density at radius 3 is 1.57 bits per heavy atom. The maximum atomic E-state index is 4.18. The van der Waals surface area contributed by atoms with Crippen molar-refractivity contribution in [2.24, 2.45) is 0 Å². The molecule has 0 aliphatic rings. The molecular formula is C10H10N4. The van der Waals surface area contributed by atoms with E-state index in [0.29, 0.717) is 0 Å². The fourth-order valence-electron chi connectivity index (χ4n) is 1.17. The average Bonchev–Trinajstić information content (AvgIpc) is 2.29. The van der Waals surface area contributed by atoms with Gasteiger partial charge in [0.2, 0.25) is 0 Å². The number of hydrogen-bond donors (Lipinski definition) is 0. The second-order valence-corrected chi connectivity index (χ2v) is 2.89. The van der Waals surface area contributed by atoms with Gasteiger partial charge in [-0.05, 0) is 12.8 Å². The Bertz CT molecular complexity index is 334. The Kier molecular flexibility index (Phi) is 2.76. The van der Waals surface area contributed by atoms with Crippen molar-refractivity contribution in [2.75, 3.05) is 0 Å². The van der Waals surface area contributed by atoms with E-state index in [4.69, 9.17) is 0 Å². The summed E-state index contributed by atoms with van der Waals surface area (Å²) in [6, 6.07) is 0. The molecule has 0 N–H and O–H groups in total. The summed E-state index contributed by atoms with van der Waals surface area (Å²) in [5.74, 6) is 0. The highest BCUT2D eigenvalue weighted by molar-refractivity contribution is 5.01. The van der Waals surface area contributed by atoms with Gasteiger partial charge in [0, 0.05) is 37.2 Å². The Morgan fingerprint density at radius 2 is 1.21 bits per heavy atom. The monoisotopic (exact) mass is 186 g/mol. The van der Waals surface area contributed by atoms with Crippen LogP contribution in [0.4, 0.5) is 0 Å². The molecule has 0 aliphatic heterocycles. The van der Waals surface area contributed by atoms with Crippen LogP contribution >= 0.6 is 0 Å². The van der Waals surface area contributed by atoms with Crippen LogP contribution in [0.5, 0.6) is 0 Å². The van der Waals surface area contributed by atoms with Crippen LogP contribution in [-0.4, -0.2) is 19.9 Å². The third-order valence-electron chi connectivity index (χ3n) is 1.87. The second-order valence-electron chi connectivity index (χ2n) is 2.89. The Balaban J connectivity index is 1.96. The van der Waals surface area contributed by atoms with Crippen LogP contribution < -0.4 is 0 Å². The van der Waals surface area contributed by atoms with Crippen LogP contribution in [0.25, 0.3) is 0 Å². The van der Waals surface area contributed by atoms with E-state index >= 15 is 0 Å². The zero-order valence-electron chi connectivity index (χ0n) is 7.67. The molecule has 0 saturated carbocycles. The first-order chi connectivity index (χ1) is 6.95. The first-order valence-corrected chi connectivity index (χ1v) is 4.45. The lowest BCUT2D eigenvalue weighted by Gasteiger charge is -1.98. The molecule has 0 spiro atoms. The third-order valence-corrected chi connectivity index (χ3v) is 1.87. The van der Waals surface area contributed by atoms with Gasteiger partial charge >= 0.3 is 0 Å². The summed E-state index contributed by atoms with van der Waals surface area (Å²) in [6.45, 7) is 0. The van der Waals surface area contributed by atoms with Crippen molar-refractivity contribution in [2.45, 2.75) is 12.8 Å². The molecule has 2 heterocycles. The smallest absolute Gasteiger partial charge is 0.0590 e. The normalized spacial score (nSPS) is 10.0. The van der Waals surface area contributed by atoms with E-state index in [1.807, 2.05) is 0 Å². The highest BCUT2D eigenvalue weighted by Crippen LogP contribution is 1.99. The van der Waals surface area contributed by atoms with Gasteiger partial charge in [-0.3, -0.25) is 19.9 Å². The quantitative estimate of drug-likeness (QED) is 0.719. The van der Waals surface area contributed by atoms with E-state index in [1.165, 1.54) is 0 Å². The Morgan fingerprint density at radius 1 is 0.714 bits per heavy atom. The molecule has 4 heteroatoms. The molecule has 70 valence electrons. The van der Waals surface area contributed by atoms with E-state index < -0.39 is 0 Å². The molecule has 0 fully saturated rings. The molecule has 0 radical (unpaired) electrons. The van der Waals surface area contributed by atoms with E-state index in [2.05, 4.69) is 19.9 Å². The lowest BCUT2D eigenvalue weighted by atomic mass is 10.2. The highest BCUT2D eigenvalue weighted by Gasteiger charge is 1.96. The van der Waals surface area contributed by atoms with Crippen molar-refractivity contribution >= 4 is 0 Å². The predicted molar refractivity (Wildman–Crippen MR) is 51.5 cm³/mol. The Labute approximate surface area is 82.1 Å². The van der Waals surface area contributed by atoms with Gasteiger partial charge in [0.1, 0.15) is 0 Å². The first-order valence-electron chi connectivity index (χ1n) is 4.45. The molecule has 0 atom stereocenters. The van der Waals surface area contributed by atoms with Crippen LogP contribution in [0.3, 0.4) is 0 Å². The standard InChI is InChI=1S/C10H10N4/c1(9-7-11-3-5-13-9)2-10-8-12-4-6-14-10/h3-8H,1-2H2. The SMILES string of the molecule is c1cnc(CCc2cnccn2)cn1. The number of hydrogen-bond acceptors (Lipinski definition) is 4. The van der Waals surface area contributed by atoms with Gasteiger partial charge in [0.25, 0.3) is 0 Å². The maximum absolute atomic E-state index is 4.18. The summed E-state index contributed by atoms with van der Waals surface area (Å²) in [5, 5.41) is 0. The predicted octanol–water partition coefficient (Wildman–Crippen LogP) is 1.05. The summed E-state index contributed by atoms with van der Waals surface area (Å²) >= 11 is 0. The van der Waals surface area contributed by atoms with Gasteiger partial charge in [0.05, 0.1) is 11.4 Å². The maximum Gasteiger partial charge on any atom is 0.0590 e. The van der Waals surface area contributed by atoms with E-state index in [-0.39, 0.29) is 0 Å². The summed E-state index contributed by atoms with van der Waals surface area (Å²) in [7, 11) is 0. The van der Waals surface area contributed by atoms with E-state index in [0.717, 1.165) is 24.2 Å². The summed E-state index contributed by atoms with van der Waals surface area (Å²) in [4.78, 5) is 16.4. The van der Waals surface area contributed by atoms with Crippen molar-refractivity contribution in [1.29, 1.82) is 0 Å². The zero-order chi connectivity index (χ0) is 9.64. The van der Waals surface area contributed by atoms with Gasteiger partial charge in [-0.2, -0.15) is 0 Å². The van der Waals surface area contributed by atoms with Gasteiger partial charge in [-0.25, -0.2) is 0 Å². The molecule has 0 saturated heterocycles. The second kappa shape index (κ2) is 4.41. The number of nitrogens with zero attached hydrogens (tertiary/aromatic N) is 4. The number of aromatic nitrogens is 4. The number of rotatable bonds is 3. The molecule has 0 unspecified atom stereocenters. The molecule has 2 aromatic heterocycles. The van der Waals surface area contributed by atoms with Crippen molar-refractivity contribution < 1.29 is 0 Å². The topological polar surface area (TPSA) is 51.6 Å². The van der Waals surface area contributed by atoms with Crippen LogP contribution in [0.1, 0.15) is 11.4 Å². The fourth-order valence-corrected chi connectivity index (χ4v) is 1.17. The van der Waals surface area contributed by atoms with Crippen molar-refractivity contribution in [1.82, 2.24) is 19.9 Å². The molecule has 0 aliphatic carbocycles. The molecule has 4 nitrogen and oxygen atoms in total. The van der Waals surface area contributed by atoms with Crippen LogP contribution in [0.2, 0.25) is 0 Å². The summed E-state index contributed by atoms with van der Waals surface area (Å²) < 4.78 is 0. The Hall–Kier alpha value is -1.84. The number of aryl methyl sites for hydroxylation is 2. The largest absolute Gasteiger partial charge is 0.261 e. The lowest BCUT2D eigenvalue weighted by Crippen LogP contribution is -1.97. The molecular weight excluding hydrogens is 176 g/mol. The minimum absolute atomic E-state index is 0.854. The molecule has 0 bridgehead atoms. The summed E-state index contributed by atoms with van der Waals surface area (Å²) in [5.41, 5.74) is 1.97. The minimum atomic E-state index is 0.854. The third kappa shape index (κ3) is 2.32. The van der Waals surface area contributed by atoms with E-state index in [9.17, 15) is 0 Å². The lowest BCUT2D eigenvalue weighted by molar-refractivity contribution is 0.860. The van der Waals surface area contributed by atoms with E-state index in [1.54, 1.807) is 37.2 Å². The molecule has 0 amide bonds. The fraction of sp³-hybridized carbons (Fsp3) is 0.200. The van der Waals surface area contributed by atoms with Crippen molar-refractivity contribution in [3.63, 3.8) is 0 Å². The van der Waals surface area contributed by atoms with Crippen LogP contribution in [-0.2, 0) is 12.8 Å². The molecule has 2 aromatic rings. The average molecular weight is 186 g/mol. The van der Waals surface area contributed by atoms with Crippen LogP contribution in [0.15, 0.2) is 37.2 Å². The molecule has 2 rings (SSSR count). The zero-order valence-corrected chi connectivity index (χ0v) is 7.67.